The van der Waals surface area contributed by atoms with Crippen LogP contribution in [0.5, 0.6) is 5.75 Å². The largest absolute Gasteiger partial charge is 0.379 e. The van der Waals surface area contributed by atoms with Crippen molar-refractivity contribution >= 4 is 32.7 Å². The van der Waals surface area contributed by atoms with Gasteiger partial charge in [0.2, 0.25) is 0 Å². The normalized spacial score (nSPS) is 11.1. The molecular formula is C12H9IO3S. The number of hydrogen-bond acceptors (Lipinski definition) is 3. The first-order valence-corrected chi connectivity index (χ1v) is 7.32. The summed E-state index contributed by atoms with van der Waals surface area (Å²) in [5.74, 6) is 0.312. The third kappa shape index (κ3) is 2.98. The van der Waals surface area contributed by atoms with E-state index in [1.165, 1.54) is 6.07 Å². The van der Waals surface area contributed by atoms with Crippen LogP contribution in [0.1, 0.15) is 0 Å². The van der Waals surface area contributed by atoms with Gasteiger partial charge in [0.15, 0.2) is 0 Å². The third-order valence-corrected chi connectivity index (χ3v) is 4.67. The average Bonchev–Trinajstić information content (AvgIpc) is 2.30. The maximum absolute atomic E-state index is 12.0. The minimum Gasteiger partial charge on any atom is -0.379 e. The van der Waals surface area contributed by atoms with Gasteiger partial charge in [0.25, 0.3) is 0 Å². The molecule has 0 atom stereocenters. The van der Waals surface area contributed by atoms with E-state index in [-0.39, 0.29) is 4.90 Å². The van der Waals surface area contributed by atoms with Crippen molar-refractivity contribution < 1.29 is 12.6 Å². The fourth-order valence-corrected chi connectivity index (χ4v) is 3.50. The van der Waals surface area contributed by atoms with Crippen molar-refractivity contribution in [2.45, 2.75) is 4.90 Å². The van der Waals surface area contributed by atoms with Crippen molar-refractivity contribution in [1.29, 1.82) is 0 Å². The van der Waals surface area contributed by atoms with E-state index >= 15 is 0 Å². The Morgan fingerprint density at radius 1 is 0.882 bits per heavy atom. The summed E-state index contributed by atoms with van der Waals surface area (Å²) in [5.41, 5.74) is 0. The topological polar surface area (TPSA) is 43.4 Å². The van der Waals surface area contributed by atoms with Crippen LogP contribution in [-0.2, 0) is 10.1 Å². The fourth-order valence-electron chi connectivity index (χ4n) is 1.30. The van der Waals surface area contributed by atoms with E-state index in [9.17, 15) is 8.42 Å². The zero-order valence-corrected chi connectivity index (χ0v) is 11.7. The number of halogens is 1. The minimum atomic E-state index is -3.75. The molecule has 0 fully saturated rings. The molecule has 0 N–H and O–H groups in total. The van der Waals surface area contributed by atoms with Crippen molar-refractivity contribution in [2.75, 3.05) is 0 Å². The van der Waals surface area contributed by atoms with Gasteiger partial charge in [-0.2, -0.15) is 8.42 Å². The van der Waals surface area contributed by atoms with Gasteiger partial charge in [-0.1, -0.05) is 30.3 Å². The predicted octanol–water partition coefficient (Wildman–Crippen LogP) is 3.06. The van der Waals surface area contributed by atoms with Crippen LogP contribution in [0.4, 0.5) is 0 Å². The van der Waals surface area contributed by atoms with E-state index in [1.807, 2.05) is 22.6 Å². The number of benzene rings is 2. The summed E-state index contributed by atoms with van der Waals surface area (Å²) >= 11 is 1.97. The van der Waals surface area contributed by atoms with E-state index in [1.54, 1.807) is 48.5 Å². The van der Waals surface area contributed by atoms with Gasteiger partial charge in [-0.3, -0.25) is 0 Å². The Hall–Kier alpha value is -1.08. The zero-order valence-electron chi connectivity index (χ0n) is 8.71. The molecule has 0 aliphatic carbocycles. The van der Waals surface area contributed by atoms with E-state index < -0.39 is 10.1 Å². The molecule has 0 spiro atoms. The molecule has 0 amide bonds. The quantitative estimate of drug-likeness (QED) is 0.624. The summed E-state index contributed by atoms with van der Waals surface area (Å²) < 4.78 is 29.7. The van der Waals surface area contributed by atoms with Gasteiger partial charge in [0.1, 0.15) is 10.6 Å². The highest BCUT2D eigenvalue weighted by atomic mass is 127. The van der Waals surface area contributed by atoms with Crippen LogP contribution in [0.2, 0.25) is 0 Å². The molecule has 2 rings (SSSR count). The van der Waals surface area contributed by atoms with Crippen LogP contribution < -0.4 is 4.18 Å². The van der Waals surface area contributed by atoms with Crippen LogP contribution >= 0.6 is 22.6 Å². The highest BCUT2D eigenvalue weighted by molar-refractivity contribution is 14.1. The van der Waals surface area contributed by atoms with Gasteiger partial charge in [-0.15, -0.1) is 0 Å². The highest BCUT2D eigenvalue weighted by Gasteiger charge is 2.19. The summed E-state index contributed by atoms with van der Waals surface area (Å²) in [6.45, 7) is 0. The van der Waals surface area contributed by atoms with Crippen LogP contribution in [0.3, 0.4) is 0 Å². The predicted molar refractivity (Wildman–Crippen MR) is 73.4 cm³/mol. The zero-order chi connectivity index (χ0) is 12.3. The Kier molecular flexibility index (Phi) is 3.68. The molecule has 0 unspecified atom stereocenters. The Morgan fingerprint density at radius 2 is 1.47 bits per heavy atom. The molecule has 0 aromatic heterocycles. The van der Waals surface area contributed by atoms with Crippen LogP contribution in [0.15, 0.2) is 59.5 Å². The Balaban J connectivity index is 2.36. The van der Waals surface area contributed by atoms with Crippen molar-refractivity contribution in [1.82, 2.24) is 0 Å². The Morgan fingerprint density at radius 3 is 2.12 bits per heavy atom. The van der Waals surface area contributed by atoms with Gasteiger partial charge in [0.05, 0.1) is 0 Å². The molecule has 3 nitrogen and oxygen atoms in total. The van der Waals surface area contributed by atoms with Crippen LogP contribution in [0, 0.1) is 3.57 Å². The molecule has 0 bridgehead atoms. The van der Waals surface area contributed by atoms with Crippen molar-refractivity contribution in [3.8, 4) is 5.75 Å². The highest BCUT2D eigenvalue weighted by Crippen LogP contribution is 2.22. The Labute approximate surface area is 114 Å². The average molecular weight is 360 g/mol. The van der Waals surface area contributed by atoms with Crippen molar-refractivity contribution in [3.05, 3.63) is 58.2 Å². The molecule has 0 heterocycles. The summed E-state index contributed by atoms with van der Waals surface area (Å²) in [6.07, 6.45) is 0. The lowest BCUT2D eigenvalue weighted by atomic mass is 10.3. The number of para-hydroxylation sites is 1. The second-order valence-corrected chi connectivity index (χ2v) is 5.96. The first-order valence-electron chi connectivity index (χ1n) is 4.84. The minimum absolute atomic E-state index is 0.185. The molecule has 0 saturated carbocycles. The lowest BCUT2D eigenvalue weighted by molar-refractivity contribution is 0.485. The molecule has 0 aliphatic heterocycles. The summed E-state index contributed by atoms with van der Waals surface area (Å²) in [5, 5.41) is 0. The summed E-state index contributed by atoms with van der Waals surface area (Å²) in [6, 6.07) is 15.2. The van der Waals surface area contributed by atoms with E-state index in [2.05, 4.69) is 0 Å². The summed E-state index contributed by atoms with van der Waals surface area (Å²) in [7, 11) is -3.75. The first-order chi connectivity index (χ1) is 8.09. The molecule has 2 aromatic rings. The molecule has 88 valence electrons. The number of hydrogen-bond donors (Lipinski definition) is 0. The van der Waals surface area contributed by atoms with Gasteiger partial charge in [-0.05, 0) is 46.9 Å². The lowest BCUT2D eigenvalue weighted by Crippen LogP contribution is -2.11. The molecular weight excluding hydrogens is 351 g/mol. The monoisotopic (exact) mass is 360 g/mol. The molecule has 5 heteroatoms. The maximum atomic E-state index is 12.0. The van der Waals surface area contributed by atoms with Gasteiger partial charge < -0.3 is 4.18 Å². The second-order valence-electron chi connectivity index (χ2n) is 3.28. The van der Waals surface area contributed by atoms with E-state index in [0.717, 1.165) is 0 Å². The third-order valence-electron chi connectivity index (χ3n) is 2.06. The molecule has 17 heavy (non-hydrogen) atoms. The molecule has 0 radical (unpaired) electrons. The Bertz CT molecular complexity index is 609. The van der Waals surface area contributed by atoms with Gasteiger partial charge in [0, 0.05) is 3.57 Å². The van der Waals surface area contributed by atoms with Gasteiger partial charge in [-0.25, -0.2) is 0 Å². The van der Waals surface area contributed by atoms with E-state index in [0.29, 0.717) is 9.32 Å². The summed E-state index contributed by atoms with van der Waals surface area (Å²) in [4.78, 5) is 0.185. The van der Waals surface area contributed by atoms with E-state index in [4.69, 9.17) is 4.18 Å². The standard InChI is InChI=1S/C12H9IO3S/c13-11-8-4-5-9-12(11)17(14,15)16-10-6-2-1-3-7-10/h1-9H. The van der Waals surface area contributed by atoms with Gasteiger partial charge >= 0.3 is 10.1 Å². The first kappa shape index (κ1) is 12.4. The molecule has 0 aliphatic rings. The molecule has 0 saturated heterocycles. The second kappa shape index (κ2) is 5.05. The lowest BCUT2D eigenvalue weighted by Gasteiger charge is -2.07. The van der Waals surface area contributed by atoms with Crippen LogP contribution in [0.25, 0.3) is 0 Å². The molecule has 2 aromatic carbocycles. The van der Waals surface area contributed by atoms with Crippen molar-refractivity contribution in [2.24, 2.45) is 0 Å². The SMILES string of the molecule is O=S(=O)(Oc1ccccc1)c1ccccc1I. The maximum Gasteiger partial charge on any atom is 0.340 e. The van der Waals surface area contributed by atoms with Crippen molar-refractivity contribution in [3.63, 3.8) is 0 Å². The smallest absolute Gasteiger partial charge is 0.340 e. The number of rotatable bonds is 3. The fraction of sp³-hybridized carbons (Fsp3) is 0. The van der Waals surface area contributed by atoms with Crippen LogP contribution in [-0.4, -0.2) is 8.42 Å².